The third-order valence-corrected chi connectivity index (χ3v) is 6.61. The molecular formula is C21H28N2O2. The maximum atomic E-state index is 12.9. The molecule has 0 radical (unpaired) electrons. The second kappa shape index (κ2) is 6.47. The number of benzene rings is 1. The summed E-state index contributed by atoms with van der Waals surface area (Å²) in [4.78, 5) is 27.0. The lowest BCUT2D eigenvalue weighted by molar-refractivity contribution is -0.147. The molecule has 4 aliphatic carbocycles. The highest BCUT2D eigenvalue weighted by atomic mass is 16.2. The predicted molar refractivity (Wildman–Crippen MR) is 96.5 cm³/mol. The van der Waals surface area contributed by atoms with Gasteiger partial charge in [0.05, 0.1) is 6.54 Å². The Hall–Kier alpha value is -1.84. The summed E-state index contributed by atoms with van der Waals surface area (Å²) in [5.41, 5.74) is 0.929. The summed E-state index contributed by atoms with van der Waals surface area (Å²) in [6, 6.07) is 9.94. The Morgan fingerprint density at radius 3 is 2.16 bits per heavy atom. The van der Waals surface area contributed by atoms with Gasteiger partial charge in [0.15, 0.2) is 0 Å². The summed E-state index contributed by atoms with van der Waals surface area (Å²) in [7, 11) is 1.80. The van der Waals surface area contributed by atoms with E-state index in [1.807, 2.05) is 30.3 Å². The lowest BCUT2D eigenvalue weighted by Gasteiger charge is -2.55. The average molecular weight is 340 g/mol. The fourth-order valence-electron chi connectivity index (χ4n) is 5.81. The van der Waals surface area contributed by atoms with Crippen LogP contribution in [-0.4, -0.2) is 30.3 Å². The smallest absolute Gasteiger partial charge is 0.242 e. The zero-order valence-electron chi connectivity index (χ0n) is 15.0. The molecule has 0 unspecified atom stereocenters. The first kappa shape index (κ1) is 16.6. The van der Waals surface area contributed by atoms with Crippen LogP contribution in [0, 0.1) is 23.2 Å². The first-order valence-corrected chi connectivity index (χ1v) is 9.60. The fourth-order valence-corrected chi connectivity index (χ4v) is 5.81. The van der Waals surface area contributed by atoms with Crippen LogP contribution in [0.25, 0.3) is 0 Å². The van der Waals surface area contributed by atoms with E-state index in [0.717, 1.165) is 42.6 Å². The Labute approximate surface area is 150 Å². The van der Waals surface area contributed by atoms with Gasteiger partial charge in [-0.05, 0) is 61.8 Å². The second-order valence-corrected chi connectivity index (χ2v) is 8.62. The molecule has 4 nitrogen and oxygen atoms in total. The number of nitrogens with zero attached hydrogens (tertiary/aromatic N) is 1. The van der Waals surface area contributed by atoms with Crippen molar-refractivity contribution in [1.82, 2.24) is 10.2 Å². The molecule has 5 rings (SSSR count). The third kappa shape index (κ3) is 3.31. The minimum atomic E-state index is -0.174. The maximum absolute atomic E-state index is 12.9. The van der Waals surface area contributed by atoms with E-state index in [1.54, 1.807) is 11.9 Å². The van der Waals surface area contributed by atoms with E-state index < -0.39 is 0 Å². The van der Waals surface area contributed by atoms with E-state index in [1.165, 1.54) is 19.3 Å². The van der Waals surface area contributed by atoms with Gasteiger partial charge in [-0.2, -0.15) is 0 Å². The van der Waals surface area contributed by atoms with Gasteiger partial charge in [0.2, 0.25) is 11.8 Å². The summed E-state index contributed by atoms with van der Waals surface area (Å²) in [5.74, 6) is 2.34. The third-order valence-electron chi connectivity index (χ3n) is 6.61. The molecule has 4 fully saturated rings. The molecule has 0 heterocycles. The van der Waals surface area contributed by atoms with Crippen LogP contribution in [0.4, 0.5) is 0 Å². The van der Waals surface area contributed by atoms with E-state index in [2.05, 4.69) is 5.32 Å². The Kier molecular flexibility index (Phi) is 4.30. The highest BCUT2D eigenvalue weighted by molar-refractivity contribution is 5.88. The van der Waals surface area contributed by atoms with E-state index in [0.29, 0.717) is 6.54 Å². The minimum absolute atomic E-state index is 0.0260. The van der Waals surface area contributed by atoms with Gasteiger partial charge >= 0.3 is 0 Å². The molecule has 4 aliphatic rings. The van der Waals surface area contributed by atoms with Gasteiger partial charge < -0.3 is 10.2 Å². The van der Waals surface area contributed by atoms with Crippen LogP contribution >= 0.6 is 0 Å². The van der Waals surface area contributed by atoms with Crippen LogP contribution in [0.1, 0.15) is 44.1 Å². The van der Waals surface area contributed by atoms with Gasteiger partial charge in [0, 0.05) is 19.0 Å². The first-order valence-electron chi connectivity index (χ1n) is 9.60. The van der Waals surface area contributed by atoms with Crippen molar-refractivity contribution in [3.8, 4) is 0 Å². The number of rotatable bonds is 5. The number of hydrogen-bond donors (Lipinski definition) is 1. The lowest BCUT2D eigenvalue weighted by Crippen LogP contribution is -2.54. The van der Waals surface area contributed by atoms with Crippen LogP contribution in [0.5, 0.6) is 0 Å². The molecule has 134 valence electrons. The van der Waals surface area contributed by atoms with Gasteiger partial charge in [0.25, 0.3) is 0 Å². The number of carbonyl (C=O) groups excluding carboxylic acids is 2. The molecule has 1 aromatic rings. The monoisotopic (exact) mass is 340 g/mol. The van der Waals surface area contributed by atoms with Crippen LogP contribution in [-0.2, 0) is 16.1 Å². The van der Waals surface area contributed by atoms with E-state index in [4.69, 9.17) is 0 Å². The molecule has 4 heteroatoms. The molecule has 0 saturated heterocycles. The van der Waals surface area contributed by atoms with Crippen molar-refractivity contribution in [3.63, 3.8) is 0 Å². The number of likely N-dealkylation sites (N-methyl/N-ethyl adjacent to an activating group) is 1. The van der Waals surface area contributed by atoms with Crippen LogP contribution in [0.3, 0.4) is 0 Å². The maximum Gasteiger partial charge on any atom is 0.242 e. The van der Waals surface area contributed by atoms with Gasteiger partial charge in [-0.15, -0.1) is 0 Å². The quantitative estimate of drug-likeness (QED) is 0.896. The molecule has 1 aromatic carbocycles. The molecule has 4 bridgehead atoms. The van der Waals surface area contributed by atoms with E-state index >= 15 is 0 Å². The normalized spacial score (nSPS) is 32.4. The average Bonchev–Trinajstić information content (AvgIpc) is 2.59. The Bertz CT molecular complexity index is 620. The lowest BCUT2D eigenvalue weighted by atomic mass is 9.49. The molecular weight excluding hydrogens is 312 g/mol. The highest BCUT2D eigenvalue weighted by Gasteiger charge is 2.54. The summed E-state index contributed by atoms with van der Waals surface area (Å²) in [6.07, 6.45) is 7.10. The summed E-state index contributed by atoms with van der Waals surface area (Å²) in [5, 5.41) is 2.98. The van der Waals surface area contributed by atoms with Crippen LogP contribution < -0.4 is 5.32 Å². The summed E-state index contributed by atoms with van der Waals surface area (Å²) < 4.78 is 0. The molecule has 1 N–H and O–H groups in total. The standard InChI is InChI=1S/C21H28N2O2/c1-23(14-15-5-3-2-4-6-15)19(24)13-22-20(25)21-10-16-7-17(11-21)9-18(8-16)12-21/h2-6,16-18H,7-14H2,1H3,(H,22,25). The van der Waals surface area contributed by atoms with Crippen molar-refractivity contribution >= 4 is 11.8 Å². The zero-order valence-corrected chi connectivity index (χ0v) is 15.0. The SMILES string of the molecule is CN(Cc1ccccc1)C(=O)CNC(=O)C12CC3CC(CC(C3)C1)C2. The number of carbonyl (C=O) groups is 2. The van der Waals surface area contributed by atoms with Crippen molar-refractivity contribution in [2.75, 3.05) is 13.6 Å². The minimum Gasteiger partial charge on any atom is -0.347 e. The fraction of sp³-hybridized carbons (Fsp3) is 0.619. The van der Waals surface area contributed by atoms with Gasteiger partial charge in [-0.25, -0.2) is 0 Å². The number of hydrogen-bond acceptors (Lipinski definition) is 2. The highest BCUT2D eigenvalue weighted by Crippen LogP contribution is 2.60. The largest absolute Gasteiger partial charge is 0.347 e. The van der Waals surface area contributed by atoms with Crippen molar-refractivity contribution in [1.29, 1.82) is 0 Å². The van der Waals surface area contributed by atoms with Crippen LogP contribution in [0.2, 0.25) is 0 Å². The molecule has 25 heavy (non-hydrogen) atoms. The molecule has 2 amide bonds. The summed E-state index contributed by atoms with van der Waals surface area (Å²) >= 11 is 0. The Morgan fingerprint density at radius 1 is 1.04 bits per heavy atom. The Balaban J connectivity index is 1.32. The van der Waals surface area contributed by atoms with Gasteiger partial charge in [0.1, 0.15) is 0 Å². The van der Waals surface area contributed by atoms with E-state index in [9.17, 15) is 9.59 Å². The van der Waals surface area contributed by atoms with Crippen LogP contribution in [0.15, 0.2) is 30.3 Å². The molecule has 4 saturated carbocycles. The van der Waals surface area contributed by atoms with Crippen molar-refractivity contribution in [2.24, 2.45) is 23.2 Å². The predicted octanol–water partition coefficient (Wildman–Crippen LogP) is 2.98. The first-order chi connectivity index (χ1) is 12.0. The summed E-state index contributed by atoms with van der Waals surface area (Å²) in [6.45, 7) is 0.691. The van der Waals surface area contributed by atoms with Gasteiger partial charge in [-0.3, -0.25) is 9.59 Å². The van der Waals surface area contributed by atoms with E-state index in [-0.39, 0.29) is 23.8 Å². The zero-order chi connectivity index (χ0) is 17.4. The van der Waals surface area contributed by atoms with Crippen molar-refractivity contribution in [2.45, 2.75) is 45.1 Å². The topological polar surface area (TPSA) is 49.4 Å². The number of amides is 2. The number of nitrogens with one attached hydrogen (secondary N) is 1. The second-order valence-electron chi connectivity index (χ2n) is 8.62. The molecule has 0 aromatic heterocycles. The molecule has 0 spiro atoms. The molecule has 0 atom stereocenters. The Morgan fingerprint density at radius 2 is 1.60 bits per heavy atom. The van der Waals surface area contributed by atoms with Gasteiger partial charge in [-0.1, -0.05) is 30.3 Å². The van der Waals surface area contributed by atoms with Crippen molar-refractivity contribution in [3.05, 3.63) is 35.9 Å². The molecule has 0 aliphatic heterocycles. The van der Waals surface area contributed by atoms with Crippen molar-refractivity contribution < 1.29 is 9.59 Å².